The highest BCUT2D eigenvalue weighted by Crippen LogP contribution is 2.28. The molecule has 0 aromatic heterocycles. The van der Waals surface area contributed by atoms with E-state index in [9.17, 15) is 0 Å². The minimum Gasteiger partial charge on any atom is -0.329 e. The average molecular weight is 222 g/mol. The van der Waals surface area contributed by atoms with Gasteiger partial charge in [0.1, 0.15) is 0 Å². The Morgan fingerprint density at radius 3 is 1.88 bits per heavy atom. The molecule has 1 aromatic carbocycles. The Labute approximate surface area is 99.4 Å². The van der Waals surface area contributed by atoms with Crippen LogP contribution in [0.4, 0.5) is 0 Å². The minimum atomic E-state index is 0.154. The summed E-state index contributed by atoms with van der Waals surface area (Å²) in [5, 5.41) is 0. The van der Waals surface area contributed by atoms with Crippen molar-refractivity contribution in [1.82, 2.24) is 0 Å². The van der Waals surface area contributed by atoms with E-state index in [4.69, 9.17) is 4.74 Å². The minimum absolute atomic E-state index is 0.154. The molecule has 0 heterocycles. The lowest BCUT2D eigenvalue weighted by molar-refractivity contribution is -0.973. The Morgan fingerprint density at radius 1 is 1.00 bits per heavy atom. The number of hydrogen-bond acceptors (Lipinski definition) is 1. The second-order valence-corrected chi connectivity index (χ2v) is 4.17. The quantitative estimate of drug-likeness (QED) is 0.530. The number of hydrogen-bond donors (Lipinski definition) is 0. The van der Waals surface area contributed by atoms with Crippen molar-refractivity contribution in [3.05, 3.63) is 35.9 Å². The molecule has 0 saturated heterocycles. The first-order valence-electron chi connectivity index (χ1n) is 6.17. The van der Waals surface area contributed by atoms with Crippen LogP contribution in [0, 0.1) is 0 Å². The Hall–Kier alpha value is -0.860. The Bertz CT molecular complexity index is 285. The van der Waals surface area contributed by atoms with E-state index in [1.54, 1.807) is 0 Å². The maximum absolute atomic E-state index is 5.75. The van der Waals surface area contributed by atoms with E-state index in [0.717, 1.165) is 24.1 Å². The predicted molar refractivity (Wildman–Crippen MR) is 68.1 cm³/mol. The number of rotatable bonds is 6. The molecule has 1 unspecified atom stereocenters. The van der Waals surface area contributed by atoms with Crippen molar-refractivity contribution < 1.29 is 9.22 Å². The molecule has 1 atom stereocenters. The summed E-state index contributed by atoms with van der Waals surface area (Å²) >= 11 is 0. The van der Waals surface area contributed by atoms with Crippen LogP contribution in [-0.2, 0) is 4.74 Å². The van der Waals surface area contributed by atoms with Gasteiger partial charge in [0, 0.05) is 12.7 Å². The molecule has 1 rings (SSSR count). The Kier molecular flexibility index (Phi) is 4.97. The van der Waals surface area contributed by atoms with Gasteiger partial charge in [0.15, 0.2) is 0 Å². The normalized spacial score (nSPS) is 13.8. The number of quaternary nitrogens is 1. The van der Waals surface area contributed by atoms with E-state index in [2.05, 4.69) is 51.1 Å². The number of nitrogens with zero attached hydrogens (tertiary/aromatic N) is 1. The lowest BCUT2D eigenvalue weighted by Gasteiger charge is -2.41. The van der Waals surface area contributed by atoms with Crippen LogP contribution < -0.4 is 0 Å². The summed E-state index contributed by atoms with van der Waals surface area (Å²) in [6.07, 6.45) is 0.154. The summed E-state index contributed by atoms with van der Waals surface area (Å²) in [4.78, 5) is 0. The maximum Gasteiger partial charge on any atom is 0.219 e. The first kappa shape index (κ1) is 13.2. The van der Waals surface area contributed by atoms with Crippen LogP contribution >= 0.6 is 0 Å². The van der Waals surface area contributed by atoms with Crippen LogP contribution in [0.5, 0.6) is 0 Å². The topological polar surface area (TPSA) is 9.23 Å². The van der Waals surface area contributed by atoms with Crippen LogP contribution in [0.15, 0.2) is 30.3 Å². The molecule has 1 aromatic rings. The zero-order valence-corrected chi connectivity index (χ0v) is 10.9. The Morgan fingerprint density at radius 2 is 1.50 bits per heavy atom. The standard InChI is InChI=1S/C14H24NO/c1-5-15(6-2,7-3)14(16-4)13-11-9-8-10-12-13/h8-12,14H,5-7H2,1-4H3/q+1. The monoisotopic (exact) mass is 222 g/mol. The lowest BCUT2D eigenvalue weighted by Crippen LogP contribution is -2.50. The molecule has 0 aliphatic heterocycles. The fourth-order valence-corrected chi connectivity index (χ4v) is 2.46. The zero-order chi connectivity index (χ0) is 12.0. The molecular formula is C14H24NO+. The highest BCUT2D eigenvalue weighted by Gasteiger charge is 2.33. The van der Waals surface area contributed by atoms with Gasteiger partial charge in [0.2, 0.25) is 6.23 Å². The van der Waals surface area contributed by atoms with Crippen LogP contribution in [0.2, 0.25) is 0 Å². The van der Waals surface area contributed by atoms with Crippen molar-refractivity contribution in [2.75, 3.05) is 26.7 Å². The van der Waals surface area contributed by atoms with Crippen LogP contribution in [0.1, 0.15) is 32.6 Å². The molecule has 2 nitrogen and oxygen atoms in total. The molecule has 0 aliphatic rings. The second kappa shape index (κ2) is 6.02. The van der Waals surface area contributed by atoms with Gasteiger partial charge in [-0.3, -0.25) is 4.48 Å². The third-order valence-electron chi connectivity index (χ3n) is 3.69. The average Bonchev–Trinajstić information content (AvgIpc) is 2.37. The van der Waals surface area contributed by atoms with Gasteiger partial charge in [-0.2, -0.15) is 0 Å². The van der Waals surface area contributed by atoms with Gasteiger partial charge in [0.25, 0.3) is 0 Å². The predicted octanol–water partition coefficient (Wildman–Crippen LogP) is 3.21. The third-order valence-corrected chi connectivity index (χ3v) is 3.69. The highest BCUT2D eigenvalue weighted by molar-refractivity contribution is 5.15. The van der Waals surface area contributed by atoms with Crippen LogP contribution in [0.3, 0.4) is 0 Å². The smallest absolute Gasteiger partial charge is 0.219 e. The van der Waals surface area contributed by atoms with E-state index in [1.807, 2.05) is 7.11 Å². The molecule has 0 aliphatic carbocycles. The van der Waals surface area contributed by atoms with E-state index in [1.165, 1.54) is 5.56 Å². The summed E-state index contributed by atoms with van der Waals surface area (Å²) in [6.45, 7) is 10.0. The molecule has 0 radical (unpaired) electrons. The maximum atomic E-state index is 5.75. The molecule has 0 amide bonds. The molecule has 0 spiro atoms. The van der Waals surface area contributed by atoms with Crippen molar-refractivity contribution in [2.45, 2.75) is 27.0 Å². The number of benzene rings is 1. The van der Waals surface area contributed by atoms with E-state index >= 15 is 0 Å². The SMILES string of the molecule is CC[N+](CC)(CC)C(OC)c1ccccc1. The lowest BCUT2D eigenvalue weighted by atomic mass is 10.1. The molecule has 0 saturated carbocycles. The Balaban J connectivity index is 3.05. The molecule has 0 bridgehead atoms. The van der Waals surface area contributed by atoms with E-state index in [-0.39, 0.29) is 6.23 Å². The van der Waals surface area contributed by atoms with E-state index < -0.39 is 0 Å². The second-order valence-electron chi connectivity index (χ2n) is 4.17. The van der Waals surface area contributed by atoms with Crippen LogP contribution in [0.25, 0.3) is 0 Å². The molecular weight excluding hydrogens is 198 g/mol. The van der Waals surface area contributed by atoms with Gasteiger partial charge < -0.3 is 4.74 Å². The fraction of sp³-hybridized carbons (Fsp3) is 0.571. The highest BCUT2D eigenvalue weighted by atomic mass is 16.5. The molecule has 2 heteroatoms. The summed E-state index contributed by atoms with van der Waals surface area (Å²) in [5.41, 5.74) is 1.27. The fourth-order valence-electron chi connectivity index (χ4n) is 2.46. The van der Waals surface area contributed by atoms with Gasteiger partial charge in [-0.25, -0.2) is 0 Å². The van der Waals surface area contributed by atoms with Gasteiger partial charge in [0.05, 0.1) is 19.6 Å². The third kappa shape index (κ3) is 2.45. The molecule has 0 fully saturated rings. The van der Waals surface area contributed by atoms with E-state index in [0.29, 0.717) is 0 Å². The summed E-state index contributed by atoms with van der Waals surface area (Å²) in [5.74, 6) is 0. The first-order valence-corrected chi connectivity index (χ1v) is 6.17. The summed E-state index contributed by atoms with van der Waals surface area (Å²) < 4.78 is 6.73. The van der Waals surface area contributed by atoms with Crippen molar-refractivity contribution in [2.24, 2.45) is 0 Å². The van der Waals surface area contributed by atoms with Crippen LogP contribution in [-0.4, -0.2) is 31.2 Å². The van der Waals surface area contributed by atoms with Crippen molar-refractivity contribution in [3.63, 3.8) is 0 Å². The van der Waals surface area contributed by atoms with Crippen molar-refractivity contribution in [3.8, 4) is 0 Å². The van der Waals surface area contributed by atoms with Gasteiger partial charge in [-0.05, 0) is 20.8 Å². The van der Waals surface area contributed by atoms with Gasteiger partial charge in [-0.1, -0.05) is 30.3 Å². The molecule has 90 valence electrons. The van der Waals surface area contributed by atoms with Crippen molar-refractivity contribution >= 4 is 0 Å². The summed E-state index contributed by atoms with van der Waals surface area (Å²) in [7, 11) is 1.81. The molecule has 0 N–H and O–H groups in total. The van der Waals surface area contributed by atoms with Gasteiger partial charge >= 0.3 is 0 Å². The number of methoxy groups -OCH3 is 1. The molecule has 16 heavy (non-hydrogen) atoms. The first-order chi connectivity index (χ1) is 7.74. The largest absolute Gasteiger partial charge is 0.329 e. The zero-order valence-electron chi connectivity index (χ0n) is 10.9. The van der Waals surface area contributed by atoms with Gasteiger partial charge in [-0.15, -0.1) is 0 Å². The number of ether oxygens (including phenoxy) is 1. The van der Waals surface area contributed by atoms with Crippen molar-refractivity contribution in [1.29, 1.82) is 0 Å². The summed E-state index contributed by atoms with van der Waals surface area (Å²) in [6, 6.07) is 10.5.